The van der Waals surface area contributed by atoms with Gasteiger partial charge in [-0.25, -0.2) is 0 Å². The van der Waals surface area contributed by atoms with Crippen LogP contribution in [0.1, 0.15) is 48.1 Å². The molecule has 0 aliphatic heterocycles. The van der Waals surface area contributed by atoms with E-state index in [0.717, 1.165) is 36.1 Å². The fourth-order valence-corrected chi connectivity index (χ4v) is 3.24. The molecule has 1 aromatic heterocycles. The zero-order valence-electron chi connectivity index (χ0n) is 16.8. The molecule has 0 bridgehead atoms. The van der Waals surface area contributed by atoms with E-state index in [-0.39, 0.29) is 17.5 Å². The number of H-pyrrole nitrogens is 1. The number of nitrogens with one attached hydrogen (secondary N) is 2. The number of amides is 1. The first-order valence-electron chi connectivity index (χ1n) is 9.86. The molecule has 0 aliphatic rings. The summed E-state index contributed by atoms with van der Waals surface area (Å²) in [5.41, 5.74) is 2.29. The molecule has 150 valence electrons. The van der Waals surface area contributed by atoms with Crippen LogP contribution in [0.2, 0.25) is 0 Å². The van der Waals surface area contributed by atoms with Crippen molar-refractivity contribution in [3.63, 3.8) is 0 Å². The lowest BCUT2D eigenvalue weighted by atomic mass is 10.0. The summed E-state index contributed by atoms with van der Waals surface area (Å²) in [7, 11) is 1.62. The van der Waals surface area contributed by atoms with Gasteiger partial charge < -0.3 is 15.0 Å². The van der Waals surface area contributed by atoms with Gasteiger partial charge in [-0.05, 0) is 41.8 Å². The number of methoxy groups -OCH3 is 1. The Labute approximate surface area is 170 Å². The lowest BCUT2D eigenvalue weighted by Crippen LogP contribution is -2.32. The normalized spacial score (nSPS) is 11.7. The highest BCUT2D eigenvalue weighted by atomic mass is 16.5. The third-order valence-electron chi connectivity index (χ3n) is 4.91. The lowest BCUT2D eigenvalue weighted by molar-refractivity contribution is 0.0932. The lowest BCUT2D eigenvalue weighted by Gasteiger charge is -2.19. The predicted octanol–water partition coefficient (Wildman–Crippen LogP) is 4.71. The van der Waals surface area contributed by atoms with E-state index in [1.165, 1.54) is 0 Å². The average molecular weight is 390 g/mol. The molecule has 1 unspecified atom stereocenters. The number of benzene rings is 2. The topological polar surface area (TPSA) is 71.2 Å². The van der Waals surface area contributed by atoms with E-state index in [2.05, 4.69) is 17.2 Å². The molecule has 0 saturated heterocycles. The van der Waals surface area contributed by atoms with Gasteiger partial charge in [0.25, 0.3) is 11.5 Å². The number of aromatic amines is 1. The van der Waals surface area contributed by atoms with E-state index in [0.29, 0.717) is 5.69 Å². The minimum atomic E-state index is -0.396. The van der Waals surface area contributed by atoms with Crippen LogP contribution >= 0.6 is 0 Å². The molecule has 0 aliphatic carbocycles. The van der Waals surface area contributed by atoms with E-state index >= 15 is 0 Å². The van der Waals surface area contributed by atoms with E-state index < -0.39 is 5.56 Å². The summed E-state index contributed by atoms with van der Waals surface area (Å²) in [6.45, 7) is 2.11. The summed E-state index contributed by atoms with van der Waals surface area (Å²) in [5.74, 6) is 0.394. The number of carbonyl (C=O) groups excluding carboxylic acids is 1. The van der Waals surface area contributed by atoms with Crippen molar-refractivity contribution in [3.8, 4) is 17.0 Å². The maximum Gasteiger partial charge on any atom is 0.261 e. The van der Waals surface area contributed by atoms with Crippen LogP contribution in [0.4, 0.5) is 0 Å². The first kappa shape index (κ1) is 20.4. The highest BCUT2D eigenvalue weighted by Crippen LogP contribution is 2.23. The second-order valence-corrected chi connectivity index (χ2v) is 6.92. The summed E-state index contributed by atoms with van der Waals surface area (Å²) in [6, 6.07) is 20.4. The highest BCUT2D eigenvalue weighted by Gasteiger charge is 2.18. The van der Waals surface area contributed by atoms with Crippen molar-refractivity contribution in [1.82, 2.24) is 10.3 Å². The van der Waals surface area contributed by atoms with Gasteiger partial charge in [0.2, 0.25) is 0 Å². The molecule has 3 aromatic rings. The van der Waals surface area contributed by atoms with Crippen LogP contribution in [0.15, 0.2) is 71.5 Å². The third kappa shape index (κ3) is 5.13. The quantitative estimate of drug-likeness (QED) is 0.585. The van der Waals surface area contributed by atoms with Gasteiger partial charge in [-0.2, -0.15) is 0 Å². The molecule has 0 fully saturated rings. The molecule has 0 saturated carbocycles. The van der Waals surface area contributed by atoms with Gasteiger partial charge in [0.05, 0.1) is 13.2 Å². The Morgan fingerprint density at radius 1 is 1.03 bits per heavy atom. The van der Waals surface area contributed by atoms with Gasteiger partial charge in [-0.1, -0.05) is 62.2 Å². The molecule has 0 spiro atoms. The second kappa shape index (κ2) is 9.73. The number of hydrogen-bond acceptors (Lipinski definition) is 3. The SMILES string of the molecule is CCCCC(NC(=O)c1ccc(-c2ccccc2)[nH]c1=O)c1ccc(OC)cc1. The summed E-state index contributed by atoms with van der Waals surface area (Å²) < 4.78 is 5.21. The van der Waals surface area contributed by atoms with Crippen LogP contribution < -0.4 is 15.6 Å². The zero-order chi connectivity index (χ0) is 20.6. The molecular weight excluding hydrogens is 364 g/mol. The fourth-order valence-electron chi connectivity index (χ4n) is 3.24. The van der Waals surface area contributed by atoms with Gasteiger partial charge in [-0.3, -0.25) is 9.59 Å². The number of hydrogen-bond donors (Lipinski definition) is 2. The minimum absolute atomic E-state index is 0.111. The Hall–Kier alpha value is -3.34. The Morgan fingerprint density at radius 3 is 2.38 bits per heavy atom. The molecule has 5 nitrogen and oxygen atoms in total. The van der Waals surface area contributed by atoms with Crippen molar-refractivity contribution in [3.05, 3.63) is 88.2 Å². The predicted molar refractivity (Wildman–Crippen MR) is 115 cm³/mol. The maximum atomic E-state index is 12.8. The number of carbonyl (C=O) groups is 1. The average Bonchev–Trinajstić information content (AvgIpc) is 2.77. The summed E-state index contributed by atoms with van der Waals surface area (Å²) in [5, 5.41) is 3.02. The molecule has 2 N–H and O–H groups in total. The molecule has 1 heterocycles. The molecule has 0 radical (unpaired) electrons. The second-order valence-electron chi connectivity index (χ2n) is 6.92. The minimum Gasteiger partial charge on any atom is -0.497 e. The third-order valence-corrected chi connectivity index (χ3v) is 4.91. The van der Waals surface area contributed by atoms with Crippen molar-refractivity contribution in [1.29, 1.82) is 0 Å². The van der Waals surface area contributed by atoms with Crippen LogP contribution in [0.25, 0.3) is 11.3 Å². The zero-order valence-corrected chi connectivity index (χ0v) is 16.8. The number of ether oxygens (including phenoxy) is 1. The standard InChI is InChI=1S/C24H26N2O3/c1-3-4-10-21(18-11-13-19(29-2)14-12-18)25-23(27)20-15-16-22(26-24(20)28)17-8-6-5-7-9-17/h5-9,11-16,21H,3-4,10H2,1-2H3,(H,25,27)(H,26,28). The van der Waals surface area contributed by atoms with Gasteiger partial charge in [-0.15, -0.1) is 0 Å². The first-order valence-corrected chi connectivity index (χ1v) is 9.86. The molecular formula is C24H26N2O3. The molecule has 29 heavy (non-hydrogen) atoms. The van der Waals surface area contributed by atoms with Crippen LogP contribution in [0.3, 0.4) is 0 Å². The maximum absolute atomic E-state index is 12.8. The number of pyridine rings is 1. The van der Waals surface area contributed by atoms with E-state index in [1.807, 2.05) is 54.6 Å². The number of unbranched alkanes of at least 4 members (excludes halogenated alkanes) is 1. The molecule has 2 aromatic carbocycles. The van der Waals surface area contributed by atoms with Gasteiger partial charge in [0, 0.05) is 5.69 Å². The Morgan fingerprint density at radius 2 is 1.76 bits per heavy atom. The smallest absolute Gasteiger partial charge is 0.261 e. The van der Waals surface area contributed by atoms with Crippen molar-refractivity contribution in [2.75, 3.05) is 7.11 Å². The van der Waals surface area contributed by atoms with Crippen molar-refractivity contribution in [2.24, 2.45) is 0 Å². The van der Waals surface area contributed by atoms with E-state index in [1.54, 1.807) is 19.2 Å². The van der Waals surface area contributed by atoms with Crippen LogP contribution in [0, 0.1) is 0 Å². The van der Waals surface area contributed by atoms with Crippen LogP contribution in [-0.2, 0) is 0 Å². The van der Waals surface area contributed by atoms with Crippen LogP contribution in [0.5, 0.6) is 5.75 Å². The molecule has 1 amide bonds. The largest absolute Gasteiger partial charge is 0.497 e. The van der Waals surface area contributed by atoms with Crippen molar-refractivity contribution >= 4 is 5.91 Å². The number of aromatic nitrogens is 1. The van der Waals surface area contributed by atoms with Crippen molar-refractivity contribution < 1.29 is 9.53 Å². The summed E-state index contributed by atoms with van der Waals surface area (Å²) >= 11 is 0. The van der Waals surface area contributed by atoms with Gasteiger partial charge in [0.1, 0.15) is 11.3 Å². The van der Waals surface area contributed by atoms with Gasteiger partial charge in [0.15, 0.2) is 0 Å². The summed E-state index contributed by atoms with van der Waals surface area (Å²) in [6.07, 6.45) is 2.80. The summed E-state index contributed by atoms with van der Waals surface area (Å²) in [4.78, 5) is 28.2. The van der Waals surface area contributed by atoms with Crippen molar-refractivity contribution in [2.45, 2.75) is 32.2 Å². The van der Waals surface area contributed by atoms with Crippen LogP contribution in [-0.4, -0.2) is 18.0 Å². The molecule has 3 rings (SSSR count). The Bertz CT molecular complexity index is 995. The Kier molecular flexibility index (Phi) is 6.85. The van der Waals surface area contributed by atoms with E-state index in [4.69, 9.17) is 4.74 Å². The molecule has 5 heteroatoms. The van der Waals surface area contributed by atoms with Gasteiger partial charge >= 0.3 is 0 Å². The first-order chi connectivity index (χ1) is 14.1. The monoisotopic (exact) mass is 390 g/mol. The highest BCUT2D eigenvalue weighted by molar-refractivity contribution is 5.94. The fraction of sp³-hybridized carbons (Fsp3) is 0.250. The Balaban J connectivity index is 1.80. The van der Waals surface area contributed by atoms with E-state index in [9.17, 15) is 9.59 Å². The number of rotatable bonds is 8. The molecule has 1 atom stereocenters.